The maximum atomic E-state index is 13.4. The Kier molecular flexibility index (Phi) is 7.30. The molecule has 4 aromatic rings. The summed E-state index contributed by atoms with van der Waals surface area (Å²) in [5, 5.41) is 11.1. The summed E-state index contributed by atoms with van der Waals surface area (Å²) in [6, 6.07) is 10.3. The number of ether oxygens (including phenoxy) is 1. The van der Waals surface area contributed by atoms with Crippen LogP contribution < -0.4 is 9.64 Å². The Morgan fingerprint density at radius 3 is 2.62 bits per heavy atom. The van der Waals surface area contributed by atoms with Crippen molar-refractivity contribution in [1.82, 2.24) is 24.2 Å². The Morgan fingerprint density at radius 2 is 1.85 bits per heavy atom. The summed E-state index contributed by atoms with van der Waals surface area (Å²) in [7, 11) is -3.45. The van der Waals surface area contributed by atoms with E-state index in [0.29, 0.717) is 38.5 Å². The van der Waals surface area contributed by atoms with E-state index in [1.54, 1.807) is 22.6 Å². The summed E-state index contributed by atoms with van der Waals surface area (Å²) in [6.07, 6.45) is 7.18. The van der Waals surface area contributed by atoms with Crippen LogP contribution in [0.3, 0.4) is 0 Å². The summed E-state index contributed by atoms with van der Waals surface area (Å²) in [5.74, 6) is -0.309. The first kappa shape index (κ1) is 26.5. The van der Waals surface area contributed by atoms with Crippen molar-refractivity contribution in [3.05, 3.63) is 60.6 Å². The van der Waals surface area contributed by atoms with Crippen molar-refractivity contribution in [2.24, 2.45) is 5.92 Å². The van der Waals surface area contributed by atoms with E-state index in [0.717, 1.165) is 53.6 Å². The van der Waals surface area contributed by atoms with Crippen molar-refractivity contribution in [1.29, 1.82) is 0 Å². The Morgan fingerprint density at radius 1 is 1.05 bits per heavy atom. The number of hydrogen-bond acceptors (Lipinski definition) is 8. The van der Waals surface area contributed by atoms with Crippen molar-refractivity contribution >= 4 is 43.6 Å². The van der Waals surface area contributed by atoms with Crippen LogP contribution in [0, 0.1) is 5.92 Å². The minimum Gasteiger partial charge on any atom is -0.493 e. The Labute approximate surface area is 232 Å². The number of aromatic carboxylic acids is 1. The average Bonchev–Trinajstić information content (AvgIpc) is 3.46. The number of H-pyrrole nitrogens is 1. The summed E-state index contributed by atoms with van der Waals surface area (Å²) in [6.45, 7) is 4.10. The van der Waals surface area contributed by atoms with Gasteiger partial charge in [-0.1, -0.05) is 0 Å². The van der Waals surface area contributed by atoms with Gasteiger partial charge in [-0.15, -0.1) is 0 Å². The predicted molar refractivity (Wildman–Crippen MR) is 152 cm³/mol. The largest absolute Gasteiger partial charge is 0.493 e. The molecule has 0 radical (unpaired) electrons. The second-order valence-corrected chi connectivity index (χ2v) is 12.4. The molecule has 0 aliphatic carbocycles. The van der Waals surface area contributed by atoms with Crippen LogP contribution in [0.1, 0.15) is 23.2 Å². The van der Waals surface area contributed by atoms with Crippen molar-refractivity contribution < 1.29 is 23.1 Å². The van der Waals surface area contributed by atoms with E-state index < -0.39 is 16.0 Å². The van der Waals surface area contributed by atoms with Gasteiger partial charge < -0.3 is 19.7 Å². The molecule has 210 valence electrons. The molecule has 2 aliphatic heterocycles. The number of fused-ring (bicyclic) bond motifs is 3. The van der Waals surface area contributed by atoms with Gasteiger partial charge in [-0.2, -0.15) is 0 Å². The number of pyridine rings is 2. The van der Waals surface area contributed by atoms with Gasteiger partial charge in [0, 0.05) is 74.0 Å². The molecule has 0 spiro atoms. The van der Waals surface area contributed by atoms with Gasteiger partial charge in [0.05, 0.1) is 23.9 Å². The zero-order valence-electron chi connectivity index (χ0n) is 22.1. The minimum absolute atomic E-state index is 0.00924. The third kappa shape index (κ3) is 5.47. The summed E-state index contributed by atoms with van der Waals surface area (Å²) < 4.78 is 34.2. The number of piperazine rings is 1. The molecule has 6 rings (SSSR count). The third-order valence-electron chi connectivity index (χ3n) is 7.79. The van der Waals surface area contributed by atoms with E-state index >= 15 is 0 Å². The van der Waals surface area contributed by atoms with Gasteiger partial charge in [0.1, 0.15) is 11.6 Å². The van der Waals surface area contributed by atoms with Gasteiger partial charge in [0.15, 0.2) is 5.65 Å². The third-order valence-corrected chi connectivity index (χ3v) is 9.60. The van der Waals surface area contributed by atoms with Gasteiger partial charge in [-0.25, -0.2) is 27.5 Å². The Balaban J connectivity index is 1.05. The van der Waals surface area contributed by atoms with Crippen LogP contribution in [0.25, 0.3) is 21.9 Å². The standard InChI is InChI=1S/C28H32N6O5S/c35-28(36)21-3-5-22(6-4-21)39-18-20-2-1-11-34(17-20)40(37,38)19-32-12-14-33(15-13-32)25-8-10-29-24-16-31-27-23(26(24)25)7-9-30-27/h3-10,16,20,29H,1-2,11-15,17-19H2,(H,35,36). The number of carboxylic acid groups (broad SMARTS) is 1. The summed E-state index contributed by atoms with van der Waals surface area (Å²) >= 11 is 0. The number of aromatic nitrogens is 3. The number of aromatic amines is 1. The zero-order valence-corrected chi connectivity index (χ0v) is 22.9. The number of hydrogen-bond donors (Lipinski definition) is 2. The number of rotatable bonds is 8. The topological polar surface area (TPSA) is 132 Å². The molecule has 5 heterocycles. The van der Waals surface area contributed by atoms with Crippen molar-refractivity contribution in [2.45, 2.75) is 12.8 Å². The average molecular weight is 565 g/mol. The fraction of sp³-hybridized carbons (Fsp3) is 0.393. The number of nitrogens with zero attached hydrogens (tertiary/aromatic N) is 5. The molecule has 0 saturated carbocycles. The van der Waals surface area contributed by atoms with Gasteiger partial charge in [0.25, 0.3) is 0 Å². The molecule has 1 aromatic carbocycles. The lowest BCUT2D eigenvalue weighted by atomic mass is 10.0. The van der Waals surface area contributed by atoms with E-state index in [-0.39, 0.29) is 17.4 Å². The molecule has 2 aliphatic rings. The maximum absolute atomic E-state index is 13.4. The number of nitrogens with one attached hydrogen (secondary N) is 1. The molecule has 2 fully saturated rings. The molecule has 1 unspecified atom stereocenters. The van der Waals surface area contributed by atoms with Crippen LogP contribution in [0.4, 0.5) is 5.69 Å². The van der Waals surface area contributed by atoms with Crippen molar-refractivity contribution in [3.8, 4) is 5.75 Å². The lowest BCUT2D eigenvalue weighted by Gasteiger charge is -2.38. The molecule has 11 nitrogen and oxygen atoms in total. The zero-order chi connectivity index (χ0) is 27.7. The molecule has 12 heteroatoms. The Hall–Kier alpha value is -3.74. The maximum Gasteiger partial charge on any atom is 0.335 e. The van der Waals surface area contributed by atoms with Crippen LogP contribution in [0.5, 0.6) is 5.75 Å². The first-order valence-corrected chi connectivity index (χ1v) is 15.1. The van der Waals surface area contributed by atoms with Crippen LogP contribution >= 0.6 is 0 Å². The second kappa shape index (κ2) is 11.0. The molecular formula is C28H32N6O5S. The summed E-state index contributed by atoms with van der Waals surface area (Å²) in [4.78, 5) is 27.4. The predicted octanol–water partition coefficient (Wildman–Crippen LogP) is 3.01. The summed E-state index contributed by atoms with van der Waals surface area (Å²) in [5.41, 5.74) is 2.98. The van der Waals surface area contributed by atoms with E-state index in [4.69, 9.17) is 9.84 Å². The number of anilines is 1. The van der Waals surface area contributed by atoms with Crippen LogP contribution in [-0.2, 0) is 10.0 Å². The molecule has 2 saturated heterocycles. The highest BCUT2D eigenvalue weighted by Crippen LogP contribution is 2.32. The Bertz CT molecular complexity index is 1620. The number of carbonyl (C=O) groups is 1. The molecule has 40 heavy (non-hydrogen) atoms. The quantitative estimate of drug-likeness (QED) is 0.331. The van der Waals surface area contributed by atoms with E-state index in [1.807, 2.05) is 23.4 Å². The highest BCUT2D eigenvalue weighted by atomic mass is 32.2. The van der Waals surface area contributed by atoms with Crippen LogP contribution in [0.2, 0.25) is 0 Å². The molecule has 3 aromatic heterocycles. The SMILES string of the molecule is O=C(O)c1ccc(OCC2CCCN(S(=O)(=O)CN3CCN(c4cc[nH]c5cnc6nccc6c45)CC3)C2)cc1. The number of sulfonamides is 1. The molecule has 0 amide bonds. The van der Waals surface area contributed by atoms with Crippen molar-refractivity contribution in [2.75, 3.05) is 56.7 Å². The highest BCUT2D eigenvalue weighted by Gasteiger charge is 2.32. The highest BCUT2D eigenvalue weighted by molar-refractivity contribution is 7.89. The molecule has 2 N–H and O–H groups in total. The number of piperidine rings is 1. The lowest BCUT2D eigenvalue weighted by molar-refractivity contribution is 0.0697. The monoisotopic (exact) mass is 564 g/mol. The minimum atomic E-state index is -3.45. The molecule has 0 bridgehead atoms. The van der Waals surface area contributed by atoms with E-state index in [1.165, 1.54) is 12.1 Å². The van der Waals surface area contributed by atoms with E-state index in [2.05, 4.69) is 25.9 Å². The van der Waals surface area contributed by atoms with Gasteiger partial charge in [0.2, 0.25) is 10.0 Å². The first-order valence-electron chi connectivity index (χ1n) is 13.5. The normalized spacial score (nSPS) is 19.3. The van der Waals surface area contributed by atoms with Crippen LogP contribution in [0.15, 0.2) is 55.0 Å². The smallest absolute Gasteiger partial charge is 0.335 e. The first-order chi connectivity index (χ1) is 19.4. The fourth-order valence-corrected chi connectivity index (χ4v) is 7.38. The molecule has 1 atom stereocenters. The number of benzene rings is 1. The molecular weight excluding hydrogens is 532 g/mol. The number of carboxylic acids is 1. The van der Waals surface area contributed by atoms with Crippen LogP contribution in [-0.4, -0.2) is 95.4 Å². The fourth-order valence-electron chi connectivity index (χ4n) is 5.66. The lowest BCUT2D eigenvalue weighted by Crippen LogP contribution is -2.51. The van der Waals surface area contributed by atoms with Gasteiger partial charge in [-0.05, 0) is 49.2 Å². The van der Waals surface area contributed by atoms with Crippen molar-refractivity contribution in [3.63, 3.8) is 0 Å². The second-order valence-electron chi connectivity index (χ2n) is 10.4. The van der Waals surface area contributed by atoms with Gasteiger partial charge in [-0.3, -0.25) is 4.90 Å². The van der Waals surface area contributed by atoms with Gasteiger partial charge >= 0.3 is 5.97 Å². The van der Waals surface area contributed by atoms with E-state index in [9.17, 15) is 13.2 Å².